The molecule has 2 atom stereocenters. The average Bonchev–Trinajstić information content (AvgIpc) is 2.26. The van der Waals surface area contributed by atoms with Crippen molar-refractivity contribution < 1.29 is 14.6 Å². The summed E-state index contributed by atoms with van der Waals surface area (Å²) >= 11 is 5.99. The van der Waals surface area contributed by atoms with Gasteiger partial charge in [-0.3, -0.25) is 4.79 Å². The molecule has 0 saturated heterocycles. The smallest absolute Gasteiger partial charge is 0.258 e. The standard InChI is InChI=1S/C12H16ClNO3/c1-3-10(12(14)16)17-11-5-4-8(7(2)15)6-9(11)13/h4-7,10,15H,3H2,1-2H3,(H2,14,16). The van der Waals surface area contributed by atoms with E-state index >= 15 is 0 Å². The molecule has 0 fully saturated rings. The van der Waals surface area contributed by atoms with Gasteiger partial charge in [0.2, 0.25) is 0 Å². The van der Waals surface area contributed by atoms with Crippen molar-refractivity contribution in [3.8, 4) is 5.75 Å². The first kappa shape index (κ1) is 13.8. The van der Waals surface area contributed by atoms with E-state index in [2.05, 4.69) is 0 Å². The molecule has 0 aliphatic rings. The zero-order chi connectivity index (χ0) is 13.0. The Balaban J connectivity index is 2.89. The van der Waals surface area contributed by atoms with Crippen molar-refractivity contribution in [2.24, 2.45) is 5.73 Å². The molecule has 0 bridgehead atoms. The number of carbonyl (C=O) groups is 1. The Kier molecular flexibility index (Phi) is 4.78. The third-order valence-electron chi connectivity index (χ3n) is 2.40. The third-order valence-corrected chi connectivity index (χ3v) is 2.69. The minimum atomic E-state index is -0.690. The SMILES string of the molecule is CCC(Oc1ccc(C(C)O)cc1Cl)C(N)=O. The molecule has 0 saturated carbocycles. The van der Waals surface area contributed by atoms with Crippen molar-refractivity contribution in [3.63, 3.8) is 0 Å². The molecule has 0 aliphatic heterocycles. The minimum absolute atomic E-state index is 0.350. The molecule has 1 aromatic carbocycles. The lowest BCUT2D eigenvalue weighted by Crippen LogP contribution is -2.33. The summed E-state index contributed by atoms with van der Waals surface area (Å²) in [5.41, 5.74) is 5.87. The van der Waals surface area contributed by atoms with Crippen molar-refractivity contribution >= 4 is 17.5 Å². The number of aliphatic hydroxyl groups excluding tert-OH is 1. The lowest BCUT2D eigenvalue weighted by atomic mass is 10.1. The minimum Gasteiger partial charge on any atom is -0.479 e. The topological polar surface area (TPSA) is 72.6 Å². The van der Waals surface area contributed by atoms with Gasteiger partial charge >= 0.3 is 0 Å². The van der Waals surface area contributed by atoms with Gasteiger partial charge in [0.25, 0.3) is 5.91 Å². The van der Waals surface area contributed by atoms with Crippen LogP contribution in [0.2, 0.25) is 5.02 Å². The molecule has 0 aromatic heterocycles. The fraction of sp³-hybridized carbons (Fsp3) is 0.417. The number of carbonyl (C=O) groups excluding carboxylic acids is 1. The zero-order valence-electron chi connectivity index (χ0n) is 9.81. The van der Waals surface area contributed by atoms with Gasteiger partial charge in [-0.25, -0.2) is 0 Å². The van der Waals surface area contributed by atoms with E-state index in [1.807, 2.05) is 0 Å². The molecule has 17 heavy (non-hydrogen) atoms. The van der Waals surface area contributed by atoms with Gasteiger partial charge in [0.15, 0.2) is 6.10 Å². The van der Waals surface area contributed by atoms with Crippen molar-refractivity contribution in [2.75, 3.05) is 0 Å². The Bertz CT molecular complexity index is 407. The van der Waals surface area contributed by atoms with Gasteiger partial charge in [-0.05, 0) is 31.0 Å². The second kappa shape index (κ2) is 5.89. The molecule has 94 valence electrons. The molecule has 4 nitrogen and oxygen atoms in total. The van der Waals surface area contributed by atoms with Crippen LogP contribution in [0, 0.1) is 0 Å². The number of hydrogen-bond donors (Lipinski definition) is 2. The maximum atomic E-state index is 11.0. The third kappa shape index (κ3) is 3.61. The van der Waals surface area contributed by atoms with Crippen LogP contribution in [-0.2, 0) is 4.79 Å². The van der Waals surface area contributed by atoms with Crippen LogP contribution < -0.4 is 10.5 Å². The summed E-state index contributed by atoms with van der Waals surface area (Å²) in [7, 11) is 0. The first-order valence-corrected chi connectivity index (χ1v) is 5.77. The van der Waals surface area contributed by atoms with Crippen LogP contribution in [0.5, 0.6) is 5.75 Å². The largest absolute Gasteiger partial charge is 0.479 e. The quantitative estimate of drug-likeness (QED) is 0.848. The molecule has 3 N–H and O–H groups in total. The first-order chi connectivity index (χ1) is 7.95. The van der Waals surface area contributed by atoms with E-state index in [1.165, 1.54) is 0 Å². The van der Waals surface area contributed by atoms with Crippen LogP contribution in [0.15, 0.2) is 18.2 Å². The summed E-state index contributed by atoms with van der Waals surface area (Å²) in [6.45, 7) is 3.44. The number of amides is 1. The molecular formula is C12H16ClNO3. The van der Waals surface area contributed by atoms with E-state index in [0.717, 1.165) is 0 Å². The summed E-state index contributed by atoms with van der Waals surface area (Å²) < 4.78 is 5.40. The molecule has 0 aliphatic carbocycles. The normalized spacial score (nSPS) is 14.1. The highest BCUT2D eigenvalue weighted by atomic mass is 35.5. The van der Waals surface area contributed by atoms with Gasteiger partial charge in [-0.1, -0.05) is 24.6 Å². The molecule has 0 spiro atoms. The number of benzene rings is 1. The fourth-order valence-corrected chi connectivity index (χ4v) is 1.60. The van der Waals surface area contributed by atoms with Gasteiger partial charge in [0.05, 0.1) is 11.1 Å². The molecule has 1 amide bonds. The molecule has 1 rings (SSSR count). The lowest BCUT2D eigenvalue weighted by Gasteiger charge is -2.16. The summed E-state index contributed by atoms with van der Waals surface area (Å²) in [6.07, 6.45) is -0.811. The van der Waals surface area contributed by atoms with Gasteiger partial charge in [0.1, 0.15) is 5.75 Å². The van der Waals surface area contributed by atoms with Crippen LogP contribution in [0.1, 0.15) is 31.9 Å². The van der Waals surface area contributed by atoms with E-state index in [0.29, 0.717) is 22.8 Å². The Hall–Kier alpha value is -1.26. The average molecular weight is 258 g/mol. The van der Waals surface area contributed by atoms with E-state index in [9.17, 15) is 9.90 Å². The van der Waals surface area contributed by atoms with E-state index in [1.54, 1.807) is 32.0 Å². The number of primary amides is 1. The summed E-state index contributed by atoms with van der Waals surface area (Å²) in [5, 5.41) is 9.73. The second-order valence-corrected chi connectivity index (χ2v) is 4.19. The summed E-state index contributed by atoms with van der Waals surface area (Å²) in [4.78, 5) is 11.0. The molecule has 5 heteroatoms. The Morgan fingerprint density at radius 1 is 1.59 bits per heavy atom. The van der Waals surface area contributed by atoms with Crippen LogP contribution in [0.3, 0.4) is 0 Å². The number of rotatable bonds is 5. The monoisotopic (exact) mass is 257 g/mol. The maximum Gasteiger partial charge on any atom is 0.258 e. The van der Waals surface area contributed by atoms with E-state index in [4.69, 9.17) is 22.1 Å². The van der Waals surface area contributed by atoms with Crippen LogP contribution in [-0.4, -0.2) is 17.1 Å². The molecule has 2 unspecified atom stereocenters. The Morgan fingerprint density at radius 2 is 2.24 bits per heavy atom. The number of hydrogen-bond acceptors (Lipinski definition) is 3. The highest BCUT2D eigenvalue weighted by Gasteiger charge is 2.16. The summed E-state index contributed by atoms with van der Waals surface area (Å²) in [5.74, 6) is -0.134. The molecule has 0 heterocycles. The van der Waals surface area contributed by atoms with Crippen LogP contribution in [0.4, 0.5) is 0 Å². The fourth-order valence-electron chi connectivity index (χ4n) is 1.37. The van der Waals surface area contributed by atoms with Gasteiger partial charge in [-0.15, -0.1) is 0 Å². The van der Waals surface area contributed by atoms with Crippen LogP contribution in [0.25, 0.3) is 0 Å². The van der Waals surface area contributed by atoms with Gasteiger partial charge in [-0.2, -0.15) is 0 Å². The van der Waals surface area contributed by atoms with Crippen molar-refractivity contribution in [1.29, 1.82) is 0 Å². The number of aliphatic hydroxyl groups is 1. The maximum absolute atomic E-state index is 11.0. The Labute approximate surface area is 105 Å². The van der Waals surface area contributed by atoms with Crippen LogP contribution >= 0.6 is 11.6 Å². The van der Waals surface area contributed by atoms with Crippen molar-refractivity contribution in [2.45, 2.75) is 32.5 Å². The highest BCUT2D eigenvalue weighted by molar-refractivity contribution is 6.32. The highest BCUT2D eigenvalue weighted by Crippen LogP contribution is 2.28. The number of halogens is 1. The number of nitrogens with two attached hydrogens (primary N) is 1. The van der Waals surface area contributed by atoms with E-state index < -0.39 is 18.1 Å². The van der Waals surface area contributed by atoms with Crippen molar-refractivity contribution in [1.82, 2.24) is 0 Å². The predicted molar refractivity (Wildman–Crippen MR) is 66.0 cm³/mol. The molecule has 0 radical (unpaired) electrons. The zero-order valence-corrected chi connectivity index (χ0v) is 10.6. The lowest BCUT2D eigenvalue weighted by molar-refractivity contribution is -0.124. The first-order valence-electron chi connectivity index (χ1n) is 5.39. The number of ether oxygens (including phenoxy) is 1. The Morgan fingerprint density at radius 3 is 2.65 bits per heavy atom. The van der Waals surface area contributed by atoms with E-state index in [-0.39, 0.29) is 0 Å². The second-order valence-electron chi connectivity index (χ2n) is 3.78. The summed E-state index contributed by atoms with van der Waals surface area (Å²) in [6, 6.07) is 4.92. The predicted octanol–water partition coefficient (Wildman–Crippen LogP) is 2.04. The van der Waals surface area contributed by atoms with Gasteiger partial charge < -0.3 is 15.6 Å². The van der Waals surface area contributed by atoms with Gasteiger partial charge in [0, 0.05) is 0 Å². The molecule has 1 aromatic rings. The van der Waals surface area contributed by atoms with Crippen molar-refractivity contribution in [3.05, 3.63) is 28.8 Å². The molecular weight excluding hydrogens is 242 g/mol.